The number of ether oxygens (including phenoxy) is 2. The minimum absolute atomic E-state index is 0.322. The maximum atomic E-state index is 12.8. The van der Waals surface area contributed by atoms with Crippen molar-refractivity contribution in [2.75, 3.05) is 10.6 Å². The van der Waals surface area contributed by atoms with Gasteiger partial charge >= 0.3 is 0 Å². The lowest BCUT2D eigenvalue weighted by Gasteiger charge is -2.27. The molecule has 1 N–H and O–H groups in total. The fourth-order valence-electron chi connectivity index (χ4n) is 3.80. The first-order valence-corrected chi connectivity index (χ1v) is 14.5. The third-order valence-electron chi connectivity index (χ3n) is 5.72. The Hall–Kier alpha value is -4.34. The maximum Gasteiger partial charge on any atom is 0.263 e. The molecule has 0 aliphatic heterocycles. The minimum Gasteiger partial charge on any atom is -0.489 e. The lowest BCUT2D eigenvalue weighted by molar-refractivity contribution is -0.121. The first-order valence-electron chi connectivity index (χ1n) is 12.3. The normalized spacial score (nSPS) is 12.1. The van der Waals surface area contributed by atoms with E-state index >= 15 is 0 Å². The predicted molar refractivity (Wildman–Crippen MR) is 158 cm³/mol. The summed E-state index contributed by atoms with van der Waals surface area (Å²) in [7, 11) is -3.79. The molecule has 40 heavy (non-hydrogen) atoms. The Balaban J connectivity index is 1.35. The summed E-state index contributed by atoms with van der Waals surface area (Å²) in [4.78, 5) is 12.8. The van der Waals surface area contributed by atoms with Gasteiger partial charge in [0, 0.05) is 5.02 Å². The molecular formula is C30H28ClN3O5S. The third-order valence-corrected chi connectivity index (χ3v) is 7.20. The predicted octanol–water partition coefficient (Wildman–Crippen LogP) is 6.02. The number of nitrogens with zero attached hydrogens (tertiary/aromatic N) is 2. The Morgan fingerprint density at radius 3 is 2.23 bits per heavy atom. The summed E-state index contributed by atoms with van der Waals surface area (Å²) in [5, 5.41) is 4.64. The van der Waals surface area contributed by atoms with E-state index in [0.29, 0.717) is 34.6 Å². The summed E-state index contributed by atoms with van der Waals surface area (Å²) < 4.78 is 37.8. The average Bonchev–Trinajstić information content (AvgIpc) is 2.93. The molecule has 0 saturated heterocycles. The zero-order valence-electron chi connectivity index (χ0n) is 21.9. The summed E-state index contributed by atoms with van der Waals surface area (Å²) in [5.74, 6) is 1.26. The van der Waals surface area contributed by atoms with Gasteiger partial charge < -0.3 is 9.47 Å². The molecule has 0 aromatic heterocycles. The van der Waals surface area contributed by atoms with Crippen molar-refractivity contribution in [3.63, 3.8) is 0 Å². The van der Waals surface area contributed by atoms with Crippen LogP contribution in [0.15, 0.2) is 108 Å². The molecule has 0 bridgehead atoms. The van der Waals surface area contributed by atoms with Crippen LogP contribution in [0, 0.1) is 0 Å². The van der Waals surface area contributed by atoms with Gasteiger partial charge in [-0.25, -0.2) is 13.8 Å². The van der Waals surface area contributed by atoms with Crippen molar-refractivity contribution < 1.29 is 22.7 Å². The van der Waals surface area contributed by atoms with Crippen molar-refractivity contribution in [1.82, 2.24) is 5.43 Å². The van der Waals surface area contributed by atoms with E-state index in [1.807, 2.05) is 48.5 Å². The van der Waals surface area contributed by atoms with E-state index in [2.05, 4.69) is 10.5 Å². The van der Waals surface area contributed by atoms with Crippen LogP contribution in [0.5, 0.6) is 17.2 Å². The molecule has 10 heteroatoms. The van der Waals surface area contributed by atoms with E-state index in [9.17, 15) is 13.2 Å². The molecule has 4 aromatic rings. The number of nitrogens with one attached hydrogen (secondary N) is 1. The second-order valence-electron chi connectivity index (χ2n) is 8.87. The number of para-hydroxylation sites is 1. The van der Waals surface area contributed by atoms with Gasteiger partial charge in [0.1, 0.15) is 29.9 Å². The Bertz CT molecular complexity index is 1560. The number of benzene rings is 4. The summed E-state index contributed by atoms with van der Waals surface area (Å²) >= 11 is 6.00. The van der Waals surface area contributed by atoms with E-state index in [1.54, 1.807) is 54.6 Å². The summed E-state index contributed by atoms with van der Waals surface area (Å²) in [6.45, 7) is 1.87. The second-order valence-corrected chi connectivity index (χ2v) is 11.2. The van der Waals surface area contributed by atoms with Crippen molar-refractivity contribution in [3.8, 4) is 17.2 Å². The van der Waals surface area contributed by atoms with E-state index < -0.39 is 22.0 Å². The highest BCUT2D eigenvalue weighted by molar-refractivity contribution is 7.92. The molecule has 0 heterocycles. The first kappa shape index (κ1) is 28.7. The number of carbonyl (C=O) groups is 1. The van der Waals surface area contributed by atoms with E-state index in [4.69, 9.17) is 21.1 Å². The van der Waals surface area contributed by atoms with Crippen molar-refractivity contribution in [2.24, 2.45) is 5.10 Å². The van der Waals surface area contributed by atoms with Gasteiger partial charge in [-0.1, -0.05) is 41.9 Å². The molecule has 0 saturated carbocycles. The quantitative estimate of drug-likeness (QED) is 0.174. The number of amides is 1. The molecule has 1 atom stereocenters. The fraction of sp³-hybridized carbons (Fsp3) is 0.133. The number of hydrazone groups is 1. The fourth-order valence-corrected chi connectivity index (χ4v) is 5.19. The standard InChI is InChI=1S/C30H28ClN3O5S/c1-22(34(40(2,36)37)26-13-17-29(18-14-26)39-28-9-4-3-5-10-28)30(35)33-32-20-23-11-15-27(16-12-23)38-21-24-7-6-8-25(31)19-24/h3-20,22H,21H2,1-2H3,(H,33,35)/b32-20-/t22-/m0/s1. The van der Waals surface area contributed by atoms with Crippen LogP contribution in [0.1, 0.15) is 18.1 Å². The highest BCUT2D eigenvalue weighted by Crippen LogP contribution is 2.27. The lowest BCUT2D eigenvalue weighted by atomic mass is 10.2. The molecule has 8 nitrogen and oxygen atoms in total. The largest absolute Gasteiger partial charge is 0.489 e. The van der Waals surface area contributed by atoms with Gasteiger partial charge in [0.2, 0.25) is 10.0 Å². The van der Waals surface area contributed by atoms with Gasteiger partial charge in [-0.2, -0.15) is 5.10 Å². The number of carbonyl (C=O) groups excluding carboxylic acids is 1. The zero-order valence-corrected chi connectivity index (χ0v) is 23.5. The van der Waals surface area contributed by atoms with Gasteiger partial charge in [-0.05, 0) is 90.8 Å². The molecule has 0 unspecified atom stereocenters. The van der Waals surface area contributed by atoms with Gasteiger partial charge in [-0.15, -0.1) is 0 Å². The van der Waals surface area contributed by atoms with Crippen molar-refractivity contribution in [3.05, 3.63) is 119 Å². The molecule has 0 aliphatic carbocycles. The Labute approximate surface area is 238 Å². The van der Waals surface area contributed by atoms with Gasteiger partial charge in [0.25, 0.3) is 5.91 Å². The average molecular weight is 578 g/mol. The van der Waals surface area contributed by atoms with Crippen LogP contribution in [0.4, 0.5) is 5.69 Å². The molecule has 0 radical (unpaired) electrons. The second kappa shape index (κ2) is 13.1. The van der Waals surface area contributed by atoms with E-state index in [-0.39, 0.29) is 0 Å². The molecular weight excluding hydrogens is 550 g/mol. The van der Waals surface area contributed by atoms with Crippen LogP contribution in [0.3, 0.4) is 0 Å². The molecule has 4 aromatic carbocycles. The summed E-state index contributed by atoms with van der Waals surface area (Å²) in [5.41, 5.74) is 4.41. The van der Waals surface area contributed by atoms with Crippen LogP contribution in [-0.4, -0.2) is 32.8 Å². The van der Waals surface area contributed by atoms with Crippen LogP contribution in [0.25, 0.3) is 0 Å². The molecule has 0 spiro atoms. The SMILES string of the molecule is C[C@@H](C(=O)N/N=C\c1ccc(OCc2cccc(Cl)c2)cc1)N(c1ccc(Oc2ccccc2)cc1)S(C)(=O)=O. The smallest absolute Gasteiger partial charge is 0.263 e. The zero-order chi connectivity index (χ0) is 28.5. The molecule has 0 fully saturated rings. The van der Waals surface area contributed by atoms with Gasteiger partial charge in [0.15, 0.2) is 0 Å². The van der Waals surface area contributed by atoms with Crippen molar-refractivity contribution >= 4 is 39.4 Å². The lowest BCUT2D eigenvalue weighted by Crippen LogP contribution is -2.46. The van der Waals surface area contributed by atoms with Crippen LogP contribution < -0.4 is 19.2 Å². The third kappa shape index (κ3) is 8.08. The first-order chi connectivity index (χ1) is 19.2. The van der Waals surface area contributed by atoms with Gasteiger partial charge in [-0.3, -0.25) is 9.10 Å². The van der Waals surface area contributed by atoms with Crippen LogP contribution >= 0.6 is 11.6 Å². The summed E-state index contributed by atoms with van der Waals surface area (Å²) in [6.07, 6.45) is 2.51. The highest BCUT2D eigenvalue weighted by atomic mass is 35.5. The number of halogens is 1. The Morgan fingerprint density at radius 1 is 0.925 bits per heavy atom. The van der Waals surface area contributed by atoms with Crippen LogP contribution in [0.2, 0.25) is 5.02 Å². The Morgan fingerprint density at radius 2 is 1.57 bits per heavy atom. The summed E-state index contributed by atoms with van der Waals surface area (Å²) in [6, 6.07) is 29.2. The van der Waals surface area contributed by atoms with E-state index in [0.717, 1.165) is 21.7 Å². The van der Waals surface area contributed by atoms with E-state index in [1.165, 1.54) is 13.1 Å². The number of rotatable bonds is 11. The topological polar surface area (TPSA) is 97.3 Å². The monoisotopic (exact) mass is 577 g/mol. The number of sulfonamides is 1. The van der Waals surface area contributed by atoms with Gasteiger partial charge in [0.05, 0.1) is 18.2 Å². The molecule has 1 amide bonds. The van der Waals surface area contributed by atoms with Crippen LogP contribution in [-0.2, 0) is 21.4 Å². The maximum absolute atomic E-state index is 12.8. The highest BCUT2D eigenvalue weighted by Gasteiger charge is 2.29. The number of hydrogen-bond donors (Lipinski definition) is 1. The number of anilines is 1. The Kier molecular flexibility index (Phi) is 9.42. The van der Waals surface area contributed by atoms with Crippen molar-refractivity contribution in [1.29, 1.82) is 0 Å². The molecule has 206 valence electrons. The molecule has 4 rings (SSSR count). The number of hydrogen-bond acceptors (Lipinski definition) is 6. The van der Waals surface area contributed by atoms with Crippen molar-refractivity contribution in [2.45, 2.75) is 19.6 Å². The minimum atomic E-state index is -3.79. The molecule has 0 aliphatic rings.